The van der Waals surface area contributed by atoms with Crippen molar-refractivity contribution in [1.29, 1.82) is 0 Å². The van der Waals surface area contributed by atoms with Gasteiger partial charge in [0.2, 0.25) is 0 Å². The molecule has 8 aromatic rings. The average Bonchev–Trinajstić information content (AvgIpc) is 4.03. The summed E-state index contributed by atoms with van der Waals surface area (Å²) in [6.07, 6.45) is 4.98. The van der Waals surface area contributed by atoms with Crippen LogP contribution >= 0.6 is 67.9 Å². The molecule has 6 N–H and O–H groups in total. The lowest BCUT2D eigenvalue weighted by molar-refractivity contribution is -0.385. The first kappa shape index (κ1) is 42.3. The van der Waals surface area contributed by atoms with Gasteiger partial charge in [0.1, 0.15) is 17.3 Å². The number of nitrogens with zero attached hydrogens (tertiary/aromatic N) is 4. The lowest BCUT2D eigenvalue weighted by atomic mass is 9.90. The van der Waals surface area contributed by atoms with Gasteiger partial charge in [0, 0.05) is 52.9 Å². The molecule has 0 radical (unpaired) electrons. The molecule has 0 saturated carbocycles. The van der Waals surface area contributed by atoms with Crippen LogP contribution < -0.4 is 16.2 Å². The molecule has 0 aliphatic heterocycles. The lowest BCUT2D eigenvalue weighted by Gasteiger charge is -2.06. The van der Waals surface area contributed by atoms with Gasteiger partial charge in [-0.2, -0.15) is 11.3 Å². The number of thiophene rings is 2. The SMILES string of the molecule is Cc1oncc1-c1ccc(-c2cccs2)c(N)c1.Cc1oncc1-c1ccc(I)c(N)c1.Cc1oncc1-c1ccc(I)c([N+](=O)[O-])c1.OB(O)c1cccs1. The second-order valence-electron chi connectivity index (χ2n) is 11.7. The predicted molar refractivity (Wildman–Crippen MR) is 238 cm³/mol. The molecule has 5 heterocycles. The second kappa shape index (κ2) is 19.8. The maximum absolute atomic E-state index is 10.8. The van der Waals surface area contributed by atoms with Crippen molar-refractivity contribution in [2.45, 2.75) is 20.8 Å². The van der Waals surface area contributed by atoms with Gasteiger partial charge in [-0.15, -0.1) is 11.3 Å². The Labute approximate surface area is 356 Å². The third kappa shape index (κ3) is 10.9. The summed E-state index contributed by atoms with van der Waals surface area (Å²) in [6, 6.07) is 24.6. The lowest BCUT2D eigenvalue weighted by Crippen LogP contribution is -2.26. The number of hydrogen-bond donors (Lipinski definition) is 4. The molecule has 0 aliphatic rings. The number of rotatable bonds is 6. The Bertz CT molecular complexity index is 2500. The number of benzene rings is 3. The maximum atomic E-state index is 10.8. The van der Waals surface area contributed by atoms with Crippen molar-refractivity contribution in [2.75, 3.05) is 11.5 Å². The van der Waals surface area contributed by atoms with Crippen molar-refractivity contribution < 1.29 is 28.5 Å². The van der Waals surface area contributed by atoms with E-state index >= 15 is 0 Å². The molecule has 0 spiro atoms. The minimum Gasteiger partial charge on any atom is -0.423 e. The number of nitrogens with two attached hydrogens (primary N) is 2. The van der Waals surface area contributed by atoms with Crippen molar-refractivity contribution in [3.8, 4) is 43.8 Å². The van der Waals surface area contributed by atoms with Gasteiger partial charge in [-0.3, -0.25) is 10.1 Å². The van der Waals surface area contributed by atoms with Crippen LogP contribution in [0.4, 0.5) is 17.1 Å². The highest BCUT2D eigenvalue weighted by molar-refractivity contribution is 14.1. The van der Waals surface area contributed by atoms with Gasteiger partial charge in [0.25, 0.3) is 5.69 Å². The summed E-state index contributed by atoms with van der Waals surface area (Å²) in [7, 11) is -1.30. The molecule has 0 amide bonds. The van der Waals surface area contributed by atoms with Crippen LogP contribution in [0.5, 0.6) is 0 Å². The monoisotopic (exact) mass is 1010 g/mol. The quantitative estimate of drug-likeness (QED) is 0.0403. The van der Waals surface area contributed by atoms with Crippen LogP contribution in [-0.2, 0) is 0 Å². The van der Waals surface area contributed by atoms with Gasteiger partial charge in [-0.1, -0.05) is 57.9 Å². The van der Waals surface area contributed by atoms with Crippen molar-refractivity contribution in [1.82, 2.24) is 15.5 Å². The highest BCUT2D eigenvalue weighted by Crippen LogP contribution is 2.34. The van der Waals surface area contributed by atoms with E-state index < -0.39 is 12.0 Å². The summed E-state index contributed by atoms with van der Waals surface area (Å²) in [4.78, 5) is 11.6. The summed E-state index contributed by atoms with van der Waals surface area (Å²) < 4.78 is 17.3. The molecule has 56 heavy (non-hydrogen) atoms. The Morgan fingerprint density at radius 3 is 1.54 bits per heavy atom. The highest BCUT2D eigenvalue weighted by Gasteiger charge is 2.16. The van der Waals surface area contributed by atoms with E-state index in [0.29, 0.717) is 14.1 Å². The topological polar surface area (TPSA) is 214 Å². The van der Waals surface area contributed by atoms with E-state index in [1.165, 1.54) is 22.3 Å². The zero-order chi connectivity index (χ0) is 40.4. The summed E-state index contributed by atoms with van der Waals surface area (Å²) >= 11 is 7.16. The molecule has 0 saturated heterocycles. The Morgan fingerprint density at radius 2 is 1.14 bits per heavy atom. The van der Waals surface area contributed by atoms with Crippen LogP contribution in [0.15, 0.2) is 122 Å². The largest absolute Gasteiger partial charge is 0.499 e. The number of nitro groups is 1. The smallest absolute Gasteiger partial charge is 0.423 e. The molecule has 0 aliphatic carbocycles. The van der Waals surface area contributed by atoms with E-state index in [2.05, 4.69) is 44.1 Å². The molecule has 13 nitrogen and oxygen atoms in total. The summed E-state index contributed by atoms with van der Waals surface area (Å²) in [5, 5.41) is 42.8. The number of anilines is 2. The fraction of sp³-hybridized carbons (Fsp3) is 0.0789. The summed E-state index contributed by atoms with van der Waals surface area (Å²) in [5.41, 5.74) is 20.2. The molecule has 3 aromatic carbocycles. The van der Waals surface area contributed by atoms with Crippen LogP contribution in [0.3, 0.4) is 0 Å². The van der Waals surface area contributed by atoms with Gasteiger partial charge < -0.3 is 35.1 Å². The van der Waals surface area contributed by atoms with Crippen molar-refractivity contribution in [2.24, 2.45) is 0 Å². The zero-order valence-corrected chi connectivity index (χ0v) is 35.9. The number of hydrogen-bond acceptors (Lipinski definition) is 14. The van der Waals surface area contributed by atoms with E-state index in [-0.39, 0.29) is 5.69 Å². The van der Waals surface area contributed by atoms with E-state index in [9.17, 15) is 10.1 Å². The van der Waals surface area contributed by atoms with Crippen LogP contribution in [0, 0.1) is 38.0 Å². The molecule has 18 heteroatoms. The van der Waals surface area contributed by atoms with Crippen LogP contribution in [0.1, 0.15) is 17.3 Å². The minimum absolute atomic E-state index is 0.0960. The third-order valence-electron chi connectivity index (χ3n) is 7.96. The standard InChI is InChI=1S/C14H12N2OS.C10H7IN2O3.C10H9IN2O.C4H5BO2S/c1-9-12(8-16-17-9)10-4-5-11(13(15)7-10)14-3-2-6-18-14;1-6-8(5-12-16-6)7-2-3-9(11)10(4-7)13(14)15;1-6-8(5-13-14-6)7-2-3-9(11)10(12)4-7;6-5(7)4-2-1-3-8-4/h2-8H,15H2,1H3;2-5H,1H3;2-5H,12H2,1H3;1-3,6-7H. The van der Waals surface area contributed by atoms with Gasteiger partial charge in [0.15, 0.2) is 0 Å². The van der Waals surface area contributed by atoms with Gasteiger partial charge in [-0.25, -0.2) is 0 Å². The molecule has 286 valence electrons. The highest BCUT2D eigenvalue weighted by atomic mass is 127. The molecule has 0 bridgehead atoms. The molecular formula is C38H33BI2N6O7S2. The molecule has 0 atom stereocenters. The van der Waals surface area contributed by atoms with E-state index in [1.807, 2.05) is 90.3 Å². The fourth-order valence-corrected chi connectivity index (χ4v) is 7.32. The Kier molecular flexibility index (Phi) is 15.0. The molecule has 0 unspecified atom stereocenters. The predicted octanol–water partition coefficient (Wildman–Crippen LogP) is 9.39. The van der Waals surface area contributed by atoms with Crippen molar-refractivity contribution >= 4 is 96.8 Å². The number of halogens is 2. The minimum atomic E-state index is -1.30. The maximum Gasteiger partial charge on any atom is 0.499 e. The first-order valence-electron chi connectivity index (χ1n) is 16.4. The number of nitrogen functional groups attached to an aromatic ring is 2. The van der Waals surface area contributed by atoms with Gasteiger partial charge >= 0.3 is 7.12 Å². The molecule has 5 aromatic heterocycles. The molecule has 0 fully saturated rings. The first-order valence-corrected chi connectivity index (χ1v) is 20.3. The number of aromatic nitrogens is 3. The first-order chi connectivity index (χ1) is 26.8. The molecule has 8 rings (SSSR count). The van der Waals surface area contributed by atoms with Gasteiger partial charge in [0.05, 0.1) is 27.1 Å². The van der Waals surface area contributed by atoms with Crippen LogP contribution in [0.2, 0.25) is 0 Å². The Morgan fingerprint density at radius 1 is 0.661 bits per heavy atom. The summed E-state index contributed by atoms with van der Waals surface area (Å²) in [6.45, 7) is 5.55. The van der Waals surface area contributed by atoms with E-state index in [4.69, 9.17) is 35.1 Å². The third-order valence-corrected chi connectivity index (χ3v) is 11.7. The Balaban J connectivity index is 0.000000148. The van der Waals surface area contributed by atoms with Crippen LogP contribution in [0.25, 0.3) is 43.8 Å². The number of nitro benzene ring substituents is 1. The Hall–Kier alpha value is -4.87. The summed E-state index contributed by atoms with van der Waals surface area (Å²) in [5.74, 6) is 2.26. The van der Waals surface area contributed by atoms with Gasteiger partial charge in [-0.05, 0) is 124 Å². The van der Waals surface area contributed by atoms with Crippen molar-refractivity contribution in [3.63, 3.8) is 0 Å². The van der Waals surface area contributed by atoms with E-state index in [1.54, 1.807) is 60.4 Å². The van der Waals surface area contributed by atoms with Crippen LogP contribution in [-0.4, -0.2) is 37.6 Å². The van der Waals surface area contributed by atoms with E-state index in [0.717, 1.165) is 65.4 Å². The van der Waals surface area contributed by atoms with Crippen molar-refractivity contribution in [3.05, 3.63) is 143 Å². The normalized spacial score (nSPS) is 10.3. The fourth-order valence-electron chi connectivity index (χ4n) is 5.08. The zero-order valence-electron chi connectivity index (χ0n) is 29.9. The number of aryl methyl sites for hydroxylation is 3. The average molecular weight is 1010 g/mol. The molecular weight excluding hydrogens is 981 g/mol. The second-order valence-corrected chi connectivity index (χ2v) is 16.0.